The SMILES string of the molecule is CCOC(=O)CCCn1cc(Cc2cncnc2)c(=O)nc1SCCCCCCCC(=O)c1ccc(Cl)cc1. The maximum Gasteiger partial charge on any atom is 0.305 e. The molecule has 0 bridgehead atoms. The highest BCUT2D eigenvalue weighted by Gasteiger charge is 2.12. The number of unbranched alkanes of at least 4 members (excludes halogenated alkanes) is 4. The summed E-state index contributed by atoms with van der Waals surface area (Å²) in [6.07, 6.45) is 13.5. The number of carbonyl (C=O) groups excluding carboxylic acids is 2. The van der Waals surface area contributed by atoms with Crippen LogP contribution in [0.15, 0.2) is 59.1 Å². The van der Waals surface area contributed by atoms with Crippen LogP contribution in [0.25, 0.3) is 0 Å². The van der Waals surface area contributed by atoms with Crippen LogP contribution in [0, 0.1) is 0 Å². The Morgan fingerprint density at radius 2 is 1.69 bits per heavy atom. The lowest BCUT2D eigenvalue weighted by Gasteiger charge is -2.14. The number of benzene rings is 1. The smallest absolute Gasteiger partial charge is 0.305 e. The van der Waals surface area contributed by atoms with Crippen LogP contribution >= 0.6 is 23.4 Å². The molecule has 0 saturated carbocycles. The van der Waals surface area contributed by atoms with E-state index in [4.69, 9.17) is 16.3 Å². The Labute approximate surface area is 238 Å². The Kier molecular flexibility index (Phi) is 13.2. The number of rotatable bonds is 17. The molecule has 0 saturated heterocycles. The van der Waals surface area contributed by atoms with Gasteiger partial charge in [0.25, 0.3) is 5.56 Å². The number of hydrogen-bond donors (Lipinski definition) is 0. The minimum absolute atomic E-state index is 0.150. The lowest BCUT2D eigenvalue weighted by Crippen LogP contribution is -2.20. The Bertz CT molecular complexity index is 1250. The fourth-order valence-electron chi connectivity index (χ4n) is 4.05. The van der Waals surface area contributed by atoms with Crippen molar-refractivity contribution in [1.29, 1.82) is 0 Å². The van der Waals surface area contributed by atoms with Gasteiger partial charge in [-0.2, -0.15) is 4.98 Å². The van der Waals surface area contributed by atoms with Gasteiger partial charge >= 0.3 is 5.97 Å². The van der Waals surface area contributed by atoms with Gasteiger partial charge in [0.1, 0.15) is 6.33 Å². The molecule has 0 aliphatic rings. The predicted molar refractivity (Wildman–Crippen MR) is 153 cm³/mol. The van der Waals surface area contributed by atoms with Crippen molar-refractivity contribution in [3.05, 3.63) is 81.3 Å². The third-order valence-corrected chi connectivity index (χ3v) is 7.40. The topological polar surface area (TPSA) is 104 Å². The van der Waals surface area contributed by atoms with E-state index >= 15 is 0 Å². The molecule has 3 rings (SSSR count). The number of esters is 1. The fraction of sp³-hybridized carbons (Fsp3) is 0.448. The van der Waals surface area contributed by atoms with Crippen molar-refractivity contribution in [2.24, 2.45) is 0 Å². The molecule has 2 aromatic heterocycles. The summed E-state index contributed by atoms with van der Waals surface area (Å²) in [6, 6.07) is 7.03. The minimum atomic E-state index is -0.256. The van der Waals surface area contributed by atoms with E-state index in [2.05, 4.69) is 15.0 Å². The molecule has 0 aliphatic heterocycles. The largest absolute Gasteiger partial charge is 0.466 e. The summed E-state index contributed by atoms with van der Waals surface area (Å²) >= 11 is 7.44. The molecule has 0 unspecified atom stereocenters. The lowest BCUT2D eigenvalue weighted by atomic mass is 10.0. The molecule has 0 N–H and O–H groups in total. The van der Waals surface area contributed by atoms with Crippen LogP contribution in [-0.4, -0.2) is 43.6 Å². The van der Waals surface area contributed by atoms with Gasteiger partial charge in [-0.15, -0.1) is 0 Å². The zero-order valence-corrected chi connectivity index (χ0v) is 23.9. The maximum atomic E-state index is 12.8. The van der Waals surface area contributed by atoms with Crippen molar-refractivity contribution in [2.45, 2.75) is 76.4 Å². The third-order valence-electron chi connectivity index (χ3n) is 6.07. The summed E-state index contributed by atoms with van der Waals surface area (Å²) in [4.78, 5) is 49.2. The monoisotopic (exact) mass is 570 g/mol. The van der Waals surface area contributed by atoms with Crippen LogP contribution in [0.4, 0.5) is 0 Å². The number of ether oxygens (including phenoxy) is 1. The third kappa shape index (κ3) is 10.9. The van der Waals surface area contributed by atoms with Gasteiger partial charge < -0.3 is 9.30 Å². The Morgan fingerprint density at radius 3 is 2.44 bits per heavy atom. The van der Waals surface area contributed by atoms with Crippen molar-refractivity contribution in [3.8, 4) is 0 Å². The summed E-state index contributed by atoms with van der Waals surface area (Å²) in [7, 11) is 0. The van der Waals surface area contributed by atoms with Crippen LogP contribution in [0.3, 0.4) is 0 Å². The van der Waals surface area contributed by atoms with Gasteiger partial charge in [-0.1, -0.05) is 42.6 Å². The average molecular weight is 571 g/mol. The second-order valence-corrected chi connectivity index (χ2v) is 10.7. The van der Waals surface area contributed by atoms with Crippen LogP contribution in [0.1, 0.15) is 79.8 Å². The quantitative estimate of drug-likeness (QED) is 0.0646. The van der Waals surface area contributed by atoms with Gasteiger partial charge in [-0.25, -0.2) is 9.97 Å². The van der Waals surface area contributed by atoms with E-state index in [1.165, 1.54) is 6.33 Å². The van der Waals surface area contributed by atoms with Crippen molar-refractivity contribution < 1.29 is 14.3 Å². The number of carbonyl (C=O) groups is 2. The van der Waals surface area contributed by atoms with Crippen molar-refractivity contribution >= 4 is 35.1 Å². The second kappa shape index (κ2) is 16.8. The first kappa shape index (κ1) is 30.5. The molecule has 8 nitrogen and oxygen atoms in total. The highest BCUT2D eigenvalue weighted by atomic mass is 35.5. The minimum Gasteiger partial charge on any atom is -0.466 e. The molecular weight excluding hydrogens is 536 g/mol. The molecule has 39 heavy (non-hydrogen) atoms. The fourth-order valence-corrected chi connectivity index (χ4v) is 5.16. The van der Waals surface area contributed by atoms with Gasteiger partial charge in [0, 0.05) is 66.3 Å². The predicted octanol–water partition coefficient (Wildman–Crippen LogP) is 5.94. The number of aryl methyl sites for hydroxylation is 1. The highest BCUT2D eigenvalue weighted by Crippen LogP contribution is 2.20. The van der Waals surface area contributed by atoms with Gasteiger partial charge in [0.05, 0.1) is 6.61 Å². The Hall–Kier alpha value is -3.04. The first-order valence-corrected chi connectivity index (χ1v) is 14.7. The maximum absolute atomic E-state index is 12.8. The zero-order valence-electron chi connectivity index (χ0n) is 22.3. The molecule has 2 heterocycles. The summed E-state index contributed by atoms with van der Waals surface area (Å²) < 4.78 is 7.00. The summed E-state index contributed by atoms with van der Waals surface area (Å²) in [5, 5.41) is 1.29. The van der Waals surface area contributed by atoms with Crippen LogP contribution in [-0.2, 0) is 22.5 Å². The first-order chi connectivity index (χ1) is 19.0. The van der Waals surface area contributed by atoms with Gasteiger partial charge in [0.15, 0.2) is 10.9 Å². The number of hydrogen-bond acceptors (Lipinski definition) is 8. The number of halogens is 1. The first-order valence-electron chi connectivity index (χ1n) is 13.4. The molecule has 0 amide bonds. The van der Waals surface area contributed by atoms with Crippen molar-refractivity contribution in [2.75, 3.05) is 12.4 Å². The summed E-state index contributed by atoms with van der Waals surface area (Å²) in [6.45, 7) is 2.72. The second-order valence-electron chi connectivity index (χ2n) is 9.18. The lowest BCUT2D eigenvalue weighted by molar-refractivity contribution is -0.143. The molecule has 1 aromatic carbocycles. The number of aromatic nitrogens is 4. The molecule has 0 atom stereocenters. The normalized spacial score (nSPS) is 10.9. The van der Waals surface area contributed by atoms with E-state index in [9.17, 15) is 14.4 Å². The van der Waals surface area contributed by atoms with E-state index < -0.39 is 0 Å². The Balaban J connectivity index is 1.47. The van der Waals surface area contributed by atoms with Gasteiger partial charge in [-0.05, 0) is 56.0 Å². The molecular formula is C29H35ClN4O4S. The molecule has 0 aliphatic carbocycles. The number of thioether (sulfide) groups is 1. The van der Waals surface area contributed by atoms with E-state index in [1.54, 1.807) is 55.3 Å². The molecule has 10 heteroatoms. The average Bonchev–Trinajstić information content (AvgIpc) is 2.93. The number of nitrogens with zero attached hydrogens (tertiary/aromatic N) is 4. The molecule has 3 aromatic rings. The van der Waals surface area contributed by atoms with E-state index in [0.29, 0.717) is 60.1 Å². The Morgan fingerprint density at radius 1 is 0.974 bits per heavy atom. The van der Waals surface area contributed by atoms with Crippen LogP contribution in [0.2, 0.25) is 5.02 Å². The van der Waals surface area contributed by atoms with Gasteiger partial charge in [0.2, 0.25) is 0 Å². The zero-order chi connectivity index (χ0) is 27.9. The summed E-state index contributed by atoms with van der Waals surface area (Å²) in [5.41, 5.74) is 1.86. The van der Waals surface area contributed by atoms with Crippen LogP contribution in [0.5, 0.6) is 0 Å². The van der Waals surface area contributed by atoms with Gasteiger partial charge in [-0.3, -0.25) is 14.4 Å². The highest BCUT2D eigenvalue weighted by molar-refractivity contribution is 7.99. The number of Topliss-reactive ketones (excluding diaryl/α,β-unsaturated/α-hetero) is 1. The molecule has 0 fully saturated rings. The van der Waals surface area contributed by atoms with E-state index in [-0.39, 0.29) is 17.3 Å². The molecule has 208 valence electrons. The standard InChI is InChI=1S/C29H35ClN4O4S/c1-2-38-27(36)10-8-15-34-20-24(17-22-18-31-21-32-19-22)28(37)33-29(34)39-16-7-5-3-4-6-9-26(35)23-11-13-25(30)14-12-23/h11-14,18-21H,2-10,15-17H2,1H3. The van der Waals surface area contributed by atoms with Crippen molar-refractivity contribution in [3.63, 3.8) is 0 Å². The number of ketones is 1. The summed E-state index contributed by atoms with van der Waals surface area (Å²) in [5.74, 6) is 0.759. The van der Waals surface area contributed by atoms with E-state index in [1.807, 2.05) is 10.8 Å². The molecule has 0 radical (unpaired) electrons. The van der Waals surface area contributed by atoms with Crippen LogP contribution < -0.4 is 5.56 Å². The van der Waals surface area contributed by atoms with Crippen molar-refractivity contribution in [1.82, 2.24) is 19.5 Å². The van der Waals surface area contributed by atoms with E-state index in [0.717, 1.165) is 43.4 Å². The molecule has 0 spiro atoms.